The molecule has 0 spiro atoms. The second kappa shape index (κ2) is 10.6. The Balaban J connectivity index is 2.14. The molecule has 0 N–H and O–H groups in total. The molecule has 48 heavy (non-hydrogen) atoms. The van der Waals surface area contributed by atoms with Crippen molar-refractivity contribution in [2.45, 2.75) is 157 Å². The van der Waals surface area contributed by atoms with Crippen LogP contribution in [0.1, 0.15) is 147 Å². The highest BCUT2D eigenvalue weighted by atomic mass is 16.1. The quantitative estimate of drug-likeness (QED) is 0.157. The van der Waals surface area contributed by atoms with Gasteiger partial charge >= 0.3 is 0 Å². The van der Waals surface area contributed by atoms with Gasteiger partial charge in [0.25, 0.3) is 0 Å². The zero-order chi connectivity index (χ0) is 36.5. The first-order valence-corrected chi connectivity index (χ1v) is 17.7. The Morgan fingerprint density at radius 2 is 0.542 bits per heavy atom. The smallest absolute Gasteiger partial charge is 0.197 e. The minimum atomic E-state index is -0.364. The van der Waals surface area contributed by atoms with E-state index in [4.69, 9.17) is 0 Å². The van der Waals surface area contributed by atoms with E-state index < -0.39 is 0 Å². The number of rotatable bonds is 0. The van der Waals surface area contributed by atoms with Gasteiger partial charge < -0.3 is 9.13 Å². The van der Waals surface area contributed by atoms with Gasteiger partial charge in [0.15, 0.2) is 10.9 Å². The largest absolute Gasteiger partial charge is 0.335 e. The molecule has 0 saturated heterocycles. The maximum atomic E-state index is 14.8. The molecule has 2 heterocycles. The maximum absolute atomic E-state index is 14.8. The van der Waals surface area contributed by atoms with Crippen LogP contribution in [0.4, 0.5) is 0 Å². The third-order valence-corrected chi connectivity index (χ3v) is 9.90. The second-order valence-electron chi connectivity index (χ2n) is 20.4. The van der Waals surface area contributed by atoms with Crippen molar-refractivity contribution in [3.8, 4) is 0 Å². The molecule has 0 bridgehead atoms. The van der Waals surface area contributed by atoms with Crippen molar-refractivity contribution < 1.29 is 0 Å². The SMILES string of the molecule is CC(C)(C)c1cc2c(=O)c3cc4c(cc3n(C(C)(C)C)c2cc1C(C)(C)C)c(=O)c1cc(C(C)(C)C)c(C(C)(C)C)cc1n4C(C)(C)C. The van der Waals surface area contributed by atoms with Crippen LogP contribution >= 0.6 is 0 Å². The molecule has 0 aliphatic rings. The number of fused-ring (bicyclic) bond motifs is 4. The number of benzene rings is 3. The highest BCUT2D eigenvalue weighted by Gasteiger charge is 2.32. The first kappa shape index (κ1) is 35.9. The Labute approximate surface area is 288 Å². The first-order chi connectivity index (χ1) is 21.5. The molecule has 5 rings (SSSR count). The van der Waals surface area contributed by atoms with Crippen LogP contribution in [0, 0.1) is 0 Å². The maximum Gasteiger partial charge on any atom is 0.197 e. The molecule has 5 aromatic rings. The molecule has 2 aromatic heterocycles. The summed E-state index contributed by atoms with van der Waals surface area (Å²) in [5.74, 6) is 0. The fraction of sp³-hybridized carbons (Fsp3) is 0.545. The Hall–Kier alpha value is -3.40. The molecular formula is C44H60N2O2. The van der Waals surface area contributed by atoms with Crippen LogP contribution in [0.15, 0.2) is 46.0 Å². The summed E-state index contributed by atoms with van der Waals surface area (Å²) in [5, 5.41) is 2.75. The van der Waals surface area contributed by atoms with Gasteiger partial charge in [0.1, 0.15) is 0 Å². The predicted molar refractivity (Wildman–Crippen MR) is 210 cm³/mol. The normalized spacial score (nSPS) is 14.2. The van der Waals surface area contributed by atoms with Crippen molar-refractivity contribution in [1.82, 2.24) is 9.13 Å². The summed E-state index contributed by atoms with van der Waals surface area (Å²) in [7, 11) is 0. The van der Waals surface area contributed by atoms with Gasteiger partial charge in [-0.3, -0.25) is 9.59 Å². The van der Waals surface area contributed by atoms with Gasteiger partial charge in [-0.25, -0.2) is 0 Å². The van der Waals surface area contributed by atoms with Crippen molar-refractivity contribution in [1.29, 1.82) is 0 Å². The van der Waals surface area contributed by atoms with Crippen LogP contribution < -0.4 is 10.9 Å². The number of hydrogen-bond donors (Lipinski definition) is 0. The molecule has 4 heteroatoms. The van der Waals surface area contributed by atoms with E-state index >= 15 is 0 Å². The summed E-state index contributed by atoms with van der Waals surface area (Å²) in [6.07, 6.45) is 0. The van der Waals surface area contributed by atoms with E-state index in [-0.39, 0.29) is 43.6 Å². The zero-order valence-corrected chi connectivity index (χ0v) is 33.2. The lowest BCUT2D eigenvalue weighted by molar-refractivity contribution is 0.419. The van der Waals surface area contributed by atoms with Crippen molar-refractivity contribution >= 4 is 43.6 Å². The average Bonchev–Trinajstić information content (AvgIpc) is 2.88. The lowest BCUT2D eigenvalue weighted by Gasteiger charge is -2.34. The molecule has 3 aromatic carbocycles. The van der Waals surface area contributed by atoms with Crippen LogP contribution in [0.5, 0.6) is 0 Å². The Bertz CT molecular complexity index is 2090. The van der Waals surface area contributed by atoms with Crippen molar-refractivity contribution in [3.05, 3.63) is 79.1 Å². The van der Waals surface area contributed by atoms with E-state index in [0.29, 0.717) is 10.8 Å². The van der Waals surface area contributed by atoms with Gasteiger partial charge in [0.2, 0.25) is 0 Å². The summed E-state index contributed by atoms with van der Waals surface area (Å²) in [5.41, 5.74) is 7.08. The predicted octanol–water partition coefficient (Wildman–Crippen LogP) is 11.3. The number of nitrogens with zero attached hydrogens (tertiary/aromatic N) is 2. The lowest BCUT2D eigenvalue weighted by atomic mass is 9.74. The Kier molecular flexibility index (Phi) is 7.89. The molecule has 0 aliphatic carbocycles. The van der Waals surface area contributed by atoms with Gasteiger partial charge in [-0.15, -0.1) is 0 Å². The summed E-state index contributed by atoms with van der Waals surface area (Å²) in [4.78, 5) is 29.6. The summed E-state index contributed by atoms with van der Waals surface area (Å²) in [6, 6.07) is 12.9. The number of aromatic nitrogens is 2. The van der Waals surface area contributed by atoms with Crippen LogP contribution in [0.2, 0.25) is 0 Å². The molecule has 0 radical (unpaired) electrons. The molecule has 0 saturated carbocycles. The van der Waals surface area contributed by atoms with Crippen LogP contribution in [-0.2, 0) is 32.7 Å². The molecule has 0 amide bonds. The van der Waals surface area contributed by atoms with Crippen molar-refractivity contribution in [2.75, 3.05) is 0 Å². The molecule has 0 atom stereocenters. The highest BCUT2D eigenvalue weighted by Crippen LogP contribution is 2.41. The molecule has 0 unspecified atom stereocenters. The summed E-state index contributed by atoms with van der Waals surface area (Å²) < 4.78 is 4.60. The lowest BCUT2D eigenvalue weighted by Crippen LogP contribution is -2.29. The molecule has 0 aliphatic heterocycles. The summed E-state index contributed by atoms with van der Waals surface area (Å²) >= 11 is 0. The average molecular weight is 649 g/mol. The topological polar surface area (TPSA) is 44.0 Å². The van der Waals surface area contributed by atoms with E-state index in [1.807, 2.05) is 12.1 Å². The van der Waals surface area contributed by atoms with Gasteiger partial charge in [-0.05, 0) is 122 Å². The Morgan fingerprint density at radius 1 is 0.333 bits per heavy atom. The Morgan fingerprint density at radius 3 is 0.771 bits per heavy atom. The van der Waals surface area contributed by atoms with Gasteiger partial charge in [-0.2, -0.15) is 0 Å². The first-order valence-electron chi connectivity index (χ1n) is 17.7. The standard InChI is InChI=1S/C44H60N2O2/c1-39(2,3)29-19-25-35(23-31(29)41(7,8)9)45(43(13,14)15)33-22-28-34(21-27(33)37(25)47)46(44(16,17)18)36-24-32(42(10,11)12)30(40(4,5)6)20-26(36)38(28)48/h19-24H,1-18H3. The third-order valence-electron chi connectivity index (χ3n) is 9.90. The second-order valence-corrected chi connectivity index (χ2v) is 20.4. The van der Waals surface area contributed by atoms with Gasteiger partial charge in [0.05, 0.1) is 22.1 Å². The monoisotopic (exact) mass is 648 g/mol. The van der Waals surface area contributed by atoms with Crippen LogP contribution in [0.25, 0.3) is 43.6 Å². The minimum Gasteiger partial charge on any atom is -0.335 e. The van der Waals surface area contributed by atoms with Crippen LogP contribution in [-0.4, -0.2) is 9.13 Å². The third kappa shape index (κ3) is 5.81. The fourth-order valence-corrected chi connectivity index (χ4v) is 7.70. The van der Waals surface area contributed by atoms with Gasteiger partial charge in [-0.1, -0.05) is 83.1 Å². The highest BCUT2D eigenvalue weighted by molar-refractivity contribution is 6.04. The van der Waals surface area contributed by atoms with E-state index in [9.17, 15) is 9.59 Å². The zero-order valence-electron chi connectivity index (χ0n) is 33.2. The number of pyridine rings is 2. The molecule has 258 valence electrons. The van der Waals surface area contributed by atoms with E-state index in [1.54, 1.807) is 0 Å². The fourth-order valence-electron chi connectivity index (χ4n) is 7.70. The van der Waals surface area contributed by atoms with E-state index in [2.05, 4.69) is 158 Å². The van der Waals surface area contributed by atoms with Crippen molar-refractivity contribution in [2.24, 2.45) is 0 Å². The molecular weight excluding hydrogens is 588 g/mol. The minimum absolute atomic E-state index is 0.0137. The molecule has 0 fully saturated rings. The van der Waals surface area contributed by atoms with Gasteiger partial charge in [0, 0.05) is 32.6 Å². The van der Waals surface area contributed by atoms with Crippen LogP contribution in [0.3, 0.4) is 0 Å². The van der Waals surface area contributed by atoms with Crippen molar-refractivity contribution in [3.63, 3.8) is 0 Å². The van der Waals surface area contributed by atoms with E-state index in [1.165, 1.54) is 22.3 Å². The summed E-state index contributed by atoms with van der Waals surface area (Å²) in [6.45, 7) is 39.9. The van der Waals surface area contributed by atoms with E-state index in [0.717, 1.165) is 32.8 Å². The number of hydrogen-bond acceptors (Lipinski definition) is 2. The molecule has 4 nitrogen and oxygen atoms in total.